The Morgan fingerprint density at radius 1 is 0.889 bits per heavy atom. The number of rotatable bonds is 5. The number of nitro groups is 2. The topological polar surface area (TPSA) is 119 Å². The number of non-ortho nitro benzene ring substituents is 2. The molecule has 2 unspecified atom stereocenters. The SMILES string of the molecule is O=C(c1ccccc1)N1N=C2/C(=C/c3ccc([N+](=O)[O-])cc3)CCCC2C1c1ccc([N+](=O)[O-])cc1. The largest absolute Gasteiger partial charge is 0.274 e. The minimum Gasteiger partial charge on any atom is -0.267 e. The number of allylic oxidation sites excluding steroid dienone is 1. The van der Waals surface area contributed by atoms with Crippen LogP contribution < -0.4 is 0 Å². The third-order valence-electron chi connectivity index (χ3n) is 6.62. The van der Waals surface area contributed by atoms with Crippen molar-refractivity contribution in [3.05, 3.63) is 121 Å². The number of hydrogen-bond acceptors (Lipinski definition) is 6. The lowest BCUT2D eigenvalue weighted by Crippen LogP contribution is -2.31. The average molecular weight is 482 g/mol. The van der Waals surface area contributed by atoms with Gasteiger partial charge in [-0.15, -0.1) is 0 Å². The first-order valence-electron chi connectivity index (χ1n) is 11.6. The van der Waals surface area contributed by atoms with Crippen molar-refractivity contribution in [3.63, 3.8) is 0 Å². The van der Waals surface area contributed by atoms with E-state index >= 15 is 0 Å². The second-order valence-corrected chi connectivity index (χ2v) is 8.81. The molecule has 36 heavy (non-hydrogen) atoms. The Morgan fingerprint density at radius 3 is 2.11 bits per heavy atom. The molecule has 0 aromatic heterocycles. The van der Waals surface area contributed by atoms with Crippen LogP contribution in [0.4, 0.5) is 11.4 Å². The van der Waals surface area contributed by atoms with Gasteiger partial charge >= 0.3 is 0 Å². The lowest BCUT2D eigenvalue weighted by atomic mass is 9.77. The third kappa shape index (κ3) is 4.38. The van der Waals surface area contributed by atoms with Gasteiger partial charge in [0.2, 0.25) is 0 Å². The summed E-state index contributed by atoms with van der Waals surface area (Å²) in [5.74, 6) is -0.312. The van der Waals surface area contributed by atoms with Crippen LogP contribution in [0.15, 0.2) is 89.5 Å². The van der Waals surface area contributed by atoms with Gasteiger partial charge in [-0.25, -0.2) is 5.01 Å². The zero-order valence-electron chi connectivity index (χ0n) is 19.2. The molecular formula is C27H22N4O5. The van der Waals surface area contributed by atoms with Gasteiger partial charge in [-0.2, -0.15) is 5.10 Å². The molecule has 0 bridgehead atoms. The first kappa shape index (κ1) is 23.1. The van der Waals surface area contributed by atoms with Crippen molar-refractivity contribution in [2.75, 3.05) is 0 Å². The molecule has 1 amide bonds. The van der Waals surface area contributed by atoms with Crippen molar-refractivity contribution in [1.82, 2.24) is 5.01 Å². The summed E-state index contributed by atoms with van der Waals surface area (Å²) in [4.78, 5) is 34.8. The average Bonchev–Trinajstić information content (AvgIpc) is 3.30. The molecule has 1 fully saturated rings. The molecule has 0 N–H and O–H groups in total. The maximum absolute atomic E-state index is 13.5. The summed E-state index contributed by atoms with van der Waals surface area (Å²) < 4.78 is 0. The molecule has 1 aliphatic carbocycles. The maximum atomic E-state index is 13.5. The summed E-state index contributed by atoms with van der Waals surface area (Å²) in [5, 5.41) is 28.5. The van der Waals surface area contributed by atoms with E-state index in [0.717, 1.165) is 41.7 Å². The van der Waals surface area contributed by atoms with Crippen molar-refractivity contribution < 1.29 is 14.6 Å². The first-order valence-corrected chi connectivity index (χ1v) is 11.6. The molecule has 1 heterocycles. The summed E-state index contributed by atoms with van der Waals surface area (Å²) >= 11 is 0. The van der Waals surface area contributed by atoms with Gasteiger partial charge in [0.1, 0.15) is 0 Å². The van der Waals surface area contributed by atoms with Gasteiger partial charge in [-0.3, -0.25) is 25.0 Å². The van der Waals surface area contributed by atoms with Crippen LogP contribution in [-0.4, -0.2) is 26.5 Å². The summed E-state index contributed by atoms with van der Waals surface area (Å²) in [7, 11) is 0. The molecule has 2 aliphatic rings. The van der Waals surface area contributed by atoms with Crippen LogP contribution in [0.2, 0.25) is 0 Å². The van der Waals surface area contributed by atoms with Crippen LogP contribution in [0.1, 0.15) is 46.8 Å². The van der Waals surface area contributed by atoms with E-state index in [2.05, 4.69) is 0 Å². The van der Waals surface area contributed by atoms with E-state index in [-0.39, 0.29) is 23.2 Å². The van der Waals surface area contributed by atoms with Gasteiger partial charge in [0.25, 0.3) is 17.3 Å². The van der Waals surface area contributed by atoms with Crippen LogP contribution >= 0.6 is 0 Å². The predicted octanol–water partition coefficient (Wildman–Crippen LogP) is 5.94. The molecule has 9 heteroatoms. The molecule has 9 nitrogen and oxygen atoms in total. The number of fused-ring (bicyclic) bond motifs is 1. The van der Waals surface area contributed by atoms with Gasteiger partial charge in [0.05, 0.1) is 21.6 Å². The molecule has 0 saturated heterocycles. The highest BCUT2D eigenvalue weighted by Crippen LogP contribution is 2.45. The van der Waals surface area contributed by atoms with E-state index in [0.29, 0.717) is 5.56 Å². The predicted molar refractivity (Wildman–Crippen MR) is 134 cm³/mol. The molecule has 1 saturated carbocycles. The van der Waals surface area contributed by atoms with Gasteiger partial charge < -0.3 is 0 Å². The normalized spacial score (nSPS) is 20.1. The van der Waals surface area contributed by atoms with Gasteiger partial charge in [0, 0.05) is 35.7 Å². The van der Waals surface area contributed by atoms with Gasteiger partial charge in [-0.1, -0.05) is 30.3 Å². The molecule has 2 atom stereocenters. The van der Waals surface area contributed by atoms with Gasteiger partial charge in [-0.05, 0) is 66.3 Å². The highest BCUT2D eigenvalue weighted by atomic mass is 16.6. The monoisotopic (exact) mass is 482 g/mol. The molecule has 1 aliphatic heterocycles. The standard InChI is InChI=1S/C27H22N4O5/c32-27(20-5-2-1-3-6-20)29-26(19-11-15-23(16-12-19)31(35)36)24-8-4-7-21(25(24)28-29)17-18-9-13-22(14-10-18)30(33)34/h1-3,5-6,9-17,24,26H,4,7-8H2/b21-17+. The molecule has 0 spiro atoms. The molecule has 0 radical (unpaired) electrons. The summed E-state index contributed by atoms with van der Waals surface area (Å²) in [6, 6.07) is 21.1. The van der Waals surface area contributed by atoms with E-state index in [9.17, 15) is 25.0 Å². The Labute approximate surface area is 206 Å². The lowest BCUT2D eigenvalue weighted by molar-refractivity contribution is -0.385. The first-order chi connectivity index (χ1) is 17.4. The Bertz CT molecular complexity index is 1380. The molecule has 3 aromatic carbocycles. The fourth-order valence-electron chi connectivity index (χ4n) is 4.90. The Kier molecular flexibility index (Phi) is 6.12. The fraction of sp³-hybridized carbons (Fsp3) is 0.185. The highest BCUT2D eigenvalue weighted by Gasteiger charge is 2.44. The third-order valence-corrected chi connectivity index (χ3v) is 6.62. The molecule has 5 rings (SSSR count). The van der Waals surface area contributed by atoms with Crippen LogP contribution in [0.3, 0.4) is 0 Å². The minimum atomic E-state index is -0.446. The van der Waals surface area contributed by atoms with Crippen LogP contribution in [-0.2, 0) is 0 Å². The second kappa shape index (κ2) is 9.53. The van der Waals surface area contributed by atoms with Crippen molar-refractivity contribution in [1.29, 1.82) is 0 Å². The number of nitrogens with zero attached hydrogens (tertiary/aromatic N) is 4. The molecule has 180 valence electrons. The van der Waals surface area contributed by atoms with E-state index in [1.165, 1.54) is 29.3 Å². The van der Waals surface area contributed by atoms with E-state index < -0.39 is 15.9 Å². The van der Waals surface area contributed by atoms with E-state index in [1.807, 2.05) is 12.1 Å². The van der Waals surface area contributed by atoms with Crippen molar-refractivity contribution in [2.24, 2.45) is 11.0 Å². The van der Waals surface area contributed by atoms with Crippen molar-refractivity contribution >= 4 is 29.1 Å². The van der Waals surface area contributed by atoms with Crippen LogP contribution in [0, 0.1) is 26.1 Å². The maximum Gasteiger partial charge on any atom is 0.274 e. The summed E-state index contributed by atoms with van der Waals surface area (Å²) in [6.07, 6.45) is 4.45. The molecular weight excluding hydrogens is 460 g/mol. The molecule has 3 aromatic rings. The van der Waals surface area contributed by atoms with Crippen molar-refractivity contribution in [3.8, 4) is 0 Å². The van der Waals surface area contributed by atoms with E-state index in [4.69, 9.17) is 5.10 Å². The quantitative estimate of drug-likeness (QED) is 0.329. The zero-order chi connectivity index (χ0) is 25.2. The number of nitro benzene ring substituents is 2. The smallest absolute Gasteiger partial charge is 0.267 e. The fourth-order valence-corrected chi connectivity index (χ4v) is 4.90. The number of carbonyl (C=O) groups is 1. The second-order valence-electron chi connectivity index (χ2n) is 8.81. The van der Waals surface area contributed by atoms with E-state index in [1.54, 1.807) is 48.5 Å². The summed E-state index contributed by atoms with van der Waals surface area (Å²) in [5.41, 5.74) is 3.91. The lowest BCUT2D eigenvalue weighted by Gasteiger charge is -2.29. The zero-order valence-corrected chi connectivity index (χ0v) is 19.2. The Balaban J connectivity index is 1.55. The number of hydrazone groups is 1. The highest BCUT2D eigenvalue weighted by molar-refractivity contribution is 6.09. The van der Waals surface area contributed by atoms with Crippen molar-refractivity contribution in [2.45, 2.75) is 25.3 Å². The number of amides is 1. The summed E-state index contributed by atoms with van der Waals surface area (Å²) in [6.45, 7) is 0. The van der Waals surface area contributed by atoms with Crippen LogP contribution in [0.5, 0.6) is 0 Å². The Hall–Kier alpha value is -4.66. The number of hydrogen-bond donors (Lipinski definition) is 0. The number of carbonyl (C=O) groups excluding carboxylic acids is 1. The van der Waals surface area contributed by atoms with Crippen LogP contribution in [0.25, 0.3) is 6.08 Å². The Morgan fingerprint density at radius 2 is 1.50 bits per heavy atom. The minimum absolute atomic E-state index is 0.0128. The number of benzene rings is 3. The van der Waals surface area contributed by atoms with Gasteiger partial charge in [0.15, 0.2) is 0 Å².